The highest BCUT2D eigenvalue weighted by molar-refractivity contribution is 5.96. The van der Waals surface area contributed by atoms with Gasteiger partial charge in [-0.15, -0.1) is 0 Å². The van der Waals surface area contributed by atoms with Crippen LogP contribution in [-0.2, 0) is 0 Å². The fourth-order valence-electron chi connectivity index (χ4n) is 3.29. The van der Waals surface area contributed by atoms with Gasteiger partial charge in [-0.3, -0.25) is 4.79 Å². The number of nitrogens with zero attached hydrogens (tertiary/aromatic N) is 2. The minimum absolute atomic E-state index is 0.0642. The van der Waals surface area contributed by atoms with Crippen molar-refractivity contribution >= 4 is 5.91 Å². The smallest absolute Gasteiger partial charge is 0.259 e. The molecule has 1 saturated carbocycles. The molecule has 0 N–H and O–H groups in total. The van der Waals surface area contributed by atoms with Crippen molar-refractivity contribution in [2.45, 2.75) is 19.3 Å². The SMILES string of the molecule is COc1ncccc1C(=O)N1CC2CCCC2C1. The molecule has 1 amide bonds. The first-order valence-corrected chi connectivity index (χ1v) is 6.58. The predicted molar refractivity (Wildman–Crippen MR) is 67.5 cm³/mol. The number of ether oxygens (including phenoxy) is 1. The topological polar surface area (TPSA) is 42.4 Å². The number of carbonyl (C=O) groups is 1. The van der Waals surface area contributed by atoms with E-state index in [0.717, 1.165) is 24.9 Å². The first kappa shape index (κ1) is 11.5. The Morgan fingerprint density at radius 2 is 2.11 bits per heavy atom. The lowest BCUT2D eigenvalue weighted by molar-refractivity contribution is 0.0776. The van der Waals surface area contributed by atoms with Crippen LogP contribution in [0.5, 0.6) is 5.88 Å². The summed E-state index contributed by atoms with van der Waals surface area (Å²) in [6.07, 6.45) is 5.53. The summed E-state index contributed by atoms with van der Waals surface area (Å²) in [6, 6.07) is 3.58. The van der Waals surface area contributed by atoms with Gasteiger partial charge in [0.25, 0.3) is 5.91 Å². The van der Waals surface area contributed by atoms with Crippen molar-refractivity contribution in [3.05, 3.63) is 23.9 Å². The Labute approximate surface area is 107 Å². The van der Waals surface area contributed by atoms with Crippen molar-refractivity contribution in [1.82, 2.24) is 9.88 Å². The standard InChI is InChI=1S/C14H18N2O2/c1-18-13-12(6-3-7-15-13)14(17)16-8-10-4-2-5-11(10)9-16/h3,6-7,10-11H,2,4-5,8-9H2,1H3. The van der Waals surface area contributed by atoms with Crippen LogP contribution in [0.15, 0.2) is 18.3 Å². The summed E-state index contributed by atoms with van der Waals surface area (Å²) in [5.74, 6) is 1.93. The van der Waals surface area contributed by atoms with Crippen molar-refractivity contribution in [2.75, 3.05) is 20.2 Å². The molecule has 1 aliphatic carbocycles. The van der Waals surface area contributed by atoms with Crippen LogP contribution in [0.25, 0.3) is 0 Å². The number of likely N-dealkylation sites (tertiary alicyclic amines) is 1. The molecule has 0 radical (unpaired) electrons. The molecule has 2 fully saturated rings. The summed E-state index contributed by atoms with van der Waals surface area (Å²) in [7, 11) is 1.55. The van der Waals surface area contributed by atoms with Crippen LogP contribution in [0.3, 0.4) is 0 Å². The molecule has 0 aromatic carbocycles. The Morgan fingerprint density at radius 1 is 1.39 bits per heavy atom. The van der Waals surface area contributed by atoms with E-state index in [1.165, 1.54) is 19.3 Å². The van der Waals surface area contributed by atoms with E-state index in [0.29, 0.717) is 11.4 Å². The lowest BCUT2D eigenvalue weighted by Gasteiger charge is -2.18. The first-order valence-electron chi connectivity index (χ1n) is 6.58. The largest absolute Gasteiger partial charge is 0.480 e. The zero-order chi connectivity index (χ0) is 12.5. The van der Waals surface area contributed by atoms with Gasteiger partial charge >= 0.3 is 0 Å². The summed E-state index contributed by atoms with van der Waals surface area (Å²) >= 11 is 0. The summed E-state index contributed by atoms with van der Waals surface area (Å²) in [6.45, 7) is 1.81. The normalized spacial score (nSPS) is 26.2. The maximum Gasteiger partial charge on any atom is 0.259 e. The highest BCUT2D eigenvalue weighted by Crippen LogP contribution is 2.38. The maximum atomic E-state index is 12.5. The van der Waals surface area contributed by atoms with E-state index < -0.39 is 0 Å². The second-order valence-electron chi connectivity index (χ2n) is 5.22. The summed E-state index contributed by atoms with van der Waals surface area (Å²) in [5.41, 5.74) is 0.583. The van der Waals surface area contributed by atoms with Gasteiger partial charge in [0.1, 0.15) is 5.56 Å². The van der Waals surface area contributed by atoms with E-state index in [9.17, 15) is 4.79 Å². The molecular formula is C14H18N2O2. The van der Waals surface area contributed by atoms with Gasteiger partial charge in [0.2, 0.25) is 5.88 Å². The van der Waals surface area contributed by atoms with Crippen molar-refractivity contribution in [3.8, 4) is 5.88 Å². The Hall–Kier alpha value is -1.58. The van der Waals surface area contributed by atoms with Gasteiger partial charge in [-0.1, -0.05) is 6.42 Å². The van der Waals surface area contributed by atoms with Crippen LogP contribution in [0.1, 0.15) is 29.6 Å². The fraction of sp³-hybridized carbons (Fsp3) is 0.571. The Balaban J connectivity index is 1.79. The fourth-order valence-corrected chi connectivity index (χ4v) is 3.29. The zero-order valence-electron chi connectivity index (χ0n) is 10.6. The van der Waals surface area contributed by atoms with Crippen molar-refractivity contribution in [2.24, 2.45) is 11.8 Å². The molecular weight excluding hydrogens is 228 g/mol. The molecule has 2 unspecified atom stereocenters. The molecule has 4 heteroatoms. The number of hydrogen-bond acceptors (Lipinski definition) is 3. The number of carbonyl (C=O) groups excluding carboxylic acids is 1. The highest BCUT2D eigenvalue weighted by Gasteiger charge is 2.38. The molecule has 96 valence electrons. The van der Waals surface area contributed by atoms with E-state index in [4.69, 9.17) is 4.74 Å². The third-order valence-electron chi connectivity index (χ3n) is 4.21. The van der Waals surface area contributed by atoms with Gasteiger partial charge in [-0.2, -0.15) is 0 Å². The minimum atomic E-state index is 0.0642. The third-order valence-corrected chi connectivity index (χ3v) is 4.21. The molecule has 1 saturated heterocycles. The number of rotatable bonds is 2. The molecule has 4 nitrogen and oxygen atoms in total. The molecule has 0 bridgehead atoms. The molecule has 2 atom stereocenters. The van der Waals surface area contributed by atoms with Crippen LogP contribution >= 0.6 is 0 Å². The number of fused-ring (bicyclic) bond motifs is 1. The second-order valence-corrected chi connectivity index (χ2v) is 5.22. The average molecular weight is 246 g/mol. The first-order chi connectivity index (χ1) is 8.79. The molecule has 2 heterocycles. The van der Waals surface area contributed by atoms with Crippen LogP contribution in [0.4, 0.5) is 0 Å². The molecule has 0 spiro atoms. The maximum absolute atomic E-state index is 12.5. The lowest BCUT2D eigenvalue weighted by Crippen LogP contribution is -2.30. The van der Waals surface area contributed by atoms with E-state index in [1.54, 1.807) is 25.4 Å². The Kier molecular flexibility index (Phi) is 2.94. The van der Waals surface area contributed by atoms with Gasteiger partial charge in [0, 0.05) is 19.3 Å². The predicted octanol–water partition coefficient (Wildman–Crippen LogP) is 1.96. The van der Waals surface area contributed by atoms with Crippen LogP contribution in [0.2, 0.25) is 0 Å². The highest BCUT2D eigenvalue weighted by atomic mass is 16.5. The van der Waals surface area contributed by atoms with Gasteiger partial charge in [-0.25, -0.2) is 4.98 Å². The van der Waals surface area contributed by atoms with Gasteiger partial charge in [0.15, 0.2) is 0 Å². The molecule has 2 aliphatic rings. The number of amides is 1. The lowest BCUT2D eigenvalue weighted by atomic mass is 10.0. The van der Waals surface area contributed by atoms with Crippen LogP contribution in [-0.4, -0.2) is 36.0 Å². The number of methoxy groups -OCH3 is 1. The monoisotopic (exact) mass is 246 g/mol. The van der Waals surface area contributed by atoms with Crippen LogP contribution < -0.4 is 4.74 Å². The van der Waals surface area contributed by atoms with Crippen molar-refractivity contribution < 1.29 is 9.53 Å². The number of pyridine rings is 1. The number of hydrogen-bond donors (Lipinski definition) is 0. The number of aromatic nitrogens is 1. The van der Waals surface area contributed by atoms with E-state index >= 15 is 0 Å². The van der Waals surface area contributed by atoms with Crippen molar-refractivity contribution in [1.29, 1.82) is 0 Å². The van der Waals surface area contributed by atoms with Gasteiger partial charge in [0.05, 0.1) is 7.11 Å². The molecule has 18 heavy (non-hydrogen) atoms. The van der Waals surface area contributed by atoms with Crippen molar-refractivity contribution in [3.63, 3.8) is 0 Å². The van der Waals surface area contributed by atoms with E-state index in [-0.39, 0.29) is 5.91 Å². The Morgan fingerprint density at radius 3 is 2.78 bits per heavy atom. The Bertz CT molecular complexity index is 449. The van der Waals surface area contributed by atoms with Gasteiger partial charge in [-0.05, 0) is 36.8 Å². The average Bonchev–Trinajstić information content (AvgIpc) is 2.98. The minimum Gasteiger partial charge on any atom is -0.480 e. The molecule has 1 aromatic rings. The summed E-state index contributed by atoms with van der Waals surface area (Å²) in [5, 5.41) is 0. The van der Waals surface area contributed by atoms with E-state index in [2.05, 4.69) is 4.98 Å². The zero-order valence-corrected chi connectivity index (χ0v) is 10.6. The van der Waals surface area contributed by atoms with E-state index in [1.807, 2.05) is 4.90 Å². The molecule has 3 rings (SSSR count). The quantitative estimate of drug-likeness (QED) is 0.801. The summed E-state index contributed by atoms with van der Waals surface area (Å²) in [4.78, 5) is 18.5. The second kappa shape index (κ2) is 4.59. The third kappa shape index (κ3) is 1.85. The summed E-state index contributed by atoms with van der Waals surface area (Å²) < 4.78 is 5.16. The van der Waals surface area contributed by atoms with Gasteiger partial charge < -0.3 is 9.64 Å². The van der Waals surface area contributed by atoms with Crippen LogP contribution in [0, 0.1) is 11.8 Å². The molecule has 1 aromatic heterocycles. The molecule has 1 aliphatic heterocycles.